The molecule has 0 spiro atoms. The van der Waals surface area contributed by atoms with E-state index in [1.54, 1.807) is 0 Å². The number of aryl methyl sites for hydroxylation is 1. The van der Waals surface area contributed by atoms with E-state index in [1.807, 2.05) is 11.3 Å². The van der Waals surface area contributed by atoms with Crippen molar-refractivity contribution in [2.75, 3.05) is 0 Å². The second-order valence-electron chi connectivity index (χ2n) is 5.90. The number of hydrogen-bond acceptors (Lipinski definition) is 3. The maximum absolute atomic E-state index is 4.73. The normalized spacial score (nSPS) is 26.4. The van der Waals surface area contributed by atoms with Crippen molar-refractivity contribution in [3.63, 3.8) is 0 Å². The Morgan fingerprint density at radius 1 is 1.50 bits per heavy atom. The molecule has 2 aliphatic carbocycles. The van der Waals surface area contributed by atoms with Crippen molar-refractivity contribution in [2.45, 2.75) is 58.0 Å². The van der Waals surface area contributed by atoms with E-state index in [4.69, 9.17) is 4.98 Å². The smallest absolute Gasteiger partial charge is 0.113 e. The molecule has 3 rings (SSSR count). The summed E-state index contributed by atoms with van der Waals surface area (Å²) < 4.78 is 0. The van der Waals surface area contributed by atoms with Gasteiger partial charge in [-0.2, -0.15) is 0 Å². The van der Waals surface area contributed by atoms with Crippen molar-refractivity contribution in [1.29, 1.82) is 0 Å². The van der Waals surface area contributed by atoms with E-state index in [0.29, 0.717) is 5.41 Å². The minimum Gasteiger partial charge on any atom is -0.302 e. The van der Waals surface area contributed by atoms with Crippen LogP contribution in [0, 0.1) is 12.3 Å². The van der Waals surface area contributed by atoms with Crippen LogP contribution < -0.4 is 5.32 Å². The van der Waals surface area contributed by atoms with Crippen LogP contribution in [0.15, 0.2) is 5.38 Å². The van der Waals surface area contributed by atoms with Gasteiger partial charge in [-0.05, 0) is 44.9 Å². The topological polar surface area (TPSA) is 24.9 Å². The summed E-state index contributed by atoms with van der Waals surface area (Å²) in [4.78, 5) is 4.73. The van der Waals surface area contributed by atoms with Crippen molar-refractivity contribution in [2.24, 2.45) is 5.41 Å². The summed E-state index contributed by atoms with van der Waals surface area (Å²) >= 11 is 1.82. The summed E-state index contributed by atoms with van der Waals surface area (Å²) in [6, 6.07) is 0.742. The first-order valence-corrected chi connectivity index (χ1v) is 7.12. The fraction of sp³-hybridized carbons (Fsp3) is 0.769. The van der Waals surface area contributed by atoms with E-state index in [0.717, 1.165) is 11.7 Å². The van der Waals surface area contributed by atoms with E-state index in [9.17, 15) is 0 Å². The van der Waals surface area contributed by atoms with E-state index in [-0.39, 0.29) is 5.54 Å². The van der Waals surface area contributed by atoms with Crippen molar-refractivity contribution >= 4 is 11.3 Å². The molecule has 2 aliphatic rings. The standard InChI is InChI=1S/C13H20N2S/c1-9-8-16-11(14-9)13(3,12(2)6-7-12)15-10-4-5-10/h8,10,15H,4-7H2,1-3H3. The summed E-state index contributed by atoms with van der Waals surface area (Å²) in [6.07, 6.45) is 5.36. The van der Waals surface area contributed by atoms with E-state index >= 15 is 0 Å². The third-order valence-corrected chi connectivity index (χ3v) is 5.51. The molecule has 1 N–H and O–H groups in total. The molecule has 1 aromatic rings. The van der Waals surface area contributed by atoms with Gasteiger partial charge in [0.25, 0.3) is 0 Å². The molecule has 1 unspecified atom stereocenters. The molecule has 1 heterocycles. The molecule has 0 amide bonds. The van der Waals surface area contributed by atoms with Gasteiger partial charge in [0.05, 0.1) is 5.54 Å². The molecule has 0 aromatic carbocycles. The van der Waals surface area contributed by atoms with Crippen LogP contribution in [0.25, 0.3) is 0 Å². The number of aromatic nitrogens is 1. The Balaban J connectivity index is 1.94. The predicted molar refractivity (Wildman–Crippen MR) is 67.7 cm³/mol. The van der Waals surface area contributed by atoms with Gasteiger partial charge in [0, 0.05) is 17.1 Å². The number of rotatable bonds is 4. The highest BCUT2D eigenvalue weighted by atomic mass is 32.1. The monoisotopic (exact) mass is 236 g/mol. The maximum atomic E-state index is 4.73. The highest BCUT2D eigenvalue weighted by molar-refractivity contribution is 7.09. The van der Waals surface area contributed by atoms with Crippen molar-refractivity contribution < 1.29 is 0 Å². The Morgan fingerprint density at radius 3 is 2.62 bits per heavy atom. The van der Waals surface area contributed by atoms with Crippen molar-refractivity contribution in [3.05, 3.63) is 16.1 Å². The van der Waals surface area contributed by atoms with Gasteiger partial charge in [-0.15, -0.1) is 11.3 Å². The zero-order chi connectivity index (χ0) is 11.4. The fourth-order valence-electron chi connectivity index (χ4n) is 2.40. The van der Waals surface area contributed by atoms with Crippen LogP contribution in [-0.4, -0.2) is 11.0 Å². The number of nitrogens with zero attached hydrogens (tertiary/aromatic N) is 1. The first-order chi connectivity index (χ1) is 7.53. The van der Waals surface area contributed by atoms with E-state index < -0.39 is 0 Å². The zero-order valence-corrected chi connectivity index (χ0v) is 11.2. The van der Waals surface area contributed by atoms with Gasteiger partial charge in [0.1, 0.15) is 5.01 Å². The fourth-order valence-corrected chi connectivity index (χ4v) is 3.47. The third kappa shape index (κ3) is 1.61. The molecule has 0 radical (unpaired) electrons. The lowest BCUT2D eigenvalue weighted by atomic mass is 9.84. The van der Waals surface area contributed by atoms with Crippen molar-refractivity contribution in [1.82, 2.24) is 10.3 Å². The van der Waals surface area contributed by atoms with Gasteiger partial charge in [-0.25, -0.2) is 4.98 Å². The van der Waals surface area contributed by atoms with Crippen LogP contribution in [0.1, 0.15) is 50.2 Å². The highest BCUT2D eigenvalue weighted by Crippen LogP contribution is 2.58. The Kier molecular flexibility index (Phi) is 2.21. The average molecular weight is 236 g/mol. The van der Waals surface area contributed by atoms with Gasteiger partial charge >= 0.3 is 0 Å². The Labute approximate surface area is 101 Å². The number of hydrogen-bond donors (Lipinski definition) is 1. The van der Waals surface area contributed by atoms with Crippen molar-refractivity contribution in [3.8, 4) is 0 Å². The third-order valence-electron chi connectivity index (χ3n) is 4.32. The van der Waals surface area contributed by atoms with Crippen LogP contribution in [0.3, 0.4) is 0 Å². The molecule has 16 heavy (non-hydrogen) atoms. The Morgan fingerprint density at radius 2 is 2.19 bits per heavy atom. The van der Waals surface area contributed by atoms with Gasteiger partial charge in [-0.3, -0.25) is 0 Å². The summed E-state index contributed by atoms with van der Waals surface area (Å²) in [5.74, 6) is 0. The van der Waals surface area contributed by atoms with Crippen LogP contribution in [-0.2, 0) is 5.54 Å². The summed E-state index contributed by atoms with van der Waals surface area (Å²) in [6.45, 7) is 6.85. The first-order valence-electron chi connectivity index (χ1n) is 6.24. The molecule has 0 saturated heterocycles. The quantitative estimate of drug-likeness (QED) is 0.868. The van der Waals surface area contributed by atoms with E-state index in [1.165, 1.54) is 30.7 Å². The van der Waals surface area contributed by atoms with Crippen LogP contribution in [0.5, 0.6) is 0 Å². The zero-order valence-electron chi connectivity index (χ0n) is 10.3. The molecule has 2 fully saturated rings. The van der Waals surface area contributed by atoms with Gasteiger partial charge in [0.2, 0.25) is 0 Å². The lowest BCUT2D eigenvalue weighted by Crippen LogP contribution is -2.47. The molecule has 0 bridgehead atoms. The molecule has 0 aliphatic heterocycles. The first kappa shape index (κ1) is 10.7. The van der Waals surface area contributed by atoms with Gasteiger partial charge in [0.15, 0.2) is 0 Å². The summed E-state index contributed by atoms with van der Waals surface area (Å²) in [7, 11) is 0. The number of thiazole rings is 1. The molecule has 2 nitrogen and oxygen atoms in total. The molecular weight excluding hydrogens is 216 g/mol. The minimum atomic E-state index is 0.104. The van der Waals surface area contributed by atoms with Gasteiger partial charge < -0.3 is 5.32 Å². The van der Waals surface area contributed by atoms with Crippen LogP contribution in [0.2, 0.25) is 0 Å². The molecule has 1 aromatic heterocycles. The Hall–Kier alpha value is -0.410. The maximum Gasteiger partial charge on any atom is 0.113 e. The second kappa shape index (κ2) is 3.30. The van der Waals surface area contributed by atoms with E-state index in [2.05, 4.69) is 31.5 Å². The molecule has 1 atom stereocenters. The molecule has 2 saturated carbocycles. The lowest BCUT2D eigenvalue weighted by Gasteiger charge is -2.35. The van der Waals surface area contributed by atoms with Crippen LogP contribution >= 0.6 is 11.3 Å². The highest BCUT2D eigenvalue weighted by Gasteiger charge is 2.56. The predicted octanol–water partition coefficient (Wildman–Crippen LogP) is 3.22. The van der Waals surface area contributed by atoms with Crippen LogP contribution in [0.4, 0.5) is 0 Å². The average Bonchev–Trinajstić information content (AvgIpc) is 3.12. The number of nitrogens with one attached hydrogen (secondary N) is 1. The van der Waals surface area contributed by atoms with Gasteiger partial charge in [-0.1, -0.05) is 6.92 Å². The SMILES string of the molecule is Cc1csc(C(C)(NC2CC2)C2(C)CC2)n1. The second-order valence-corrected chi connectivity index (χ2v) is 6.76. The molecule has 88 valence electrons. The summed E-state index contributed by atoms with van der Waals surface area (Å²) in [5.41, 5.74) is 1.69. The molecular formula is C13H20N2S. The summed E-state index contributed by atoms with van der Waals surface area (Å²) in [5, 5.41) is 7.31. The largest absolute Gasteiger partial charge is 0.302 e. The Bertz CT molecular complexity index is 404. The minimum absolute atomic E-state index is 0.104. The molecule has 3 heteroatoms. The lowest BCUT2D eigenvalue weighted by molar-refractivity contribution is 0.222.